The molecule has 0 saturated carbocycles. The number of alkyl halides is 2. The molecule has 0 atom stereocenters. The highest BCUT2D eigenvalue weighted by molar-refractivity contribution is 6.32. The maximum Gasteiger partial charge on any atom is 0.387 e. The first-order valence-electron chi connectivity index (χ1n) is 6.68. The van der Waals surface area contributed by atoms with E-state index in [2.05, 4.69) is 10.1 Å². The first kappa shape index (κ1) is 17.0. The predicted molar refractivity (Wildman–Crippen MR) is 83.4 cm³/mol. The molecule has 7 heteroatoms. The largest absolute Gasteiger partial charge is 0.482 e. The lowest BCUT2D eigenvalue weighted by Gasteiger charge is -2.10. The maximum atomic E-state index is 12.0. The number of hydrogen-bond donors (Lipinski definition) is 1. The minimum absolute atomic E-state index is 0.0146. The summed E-state index contributed by atoms with van der Waals surface area (Å²) in [7, 11) is 0. The van der Waals surface area contributed by atoms with E-state index in [1.807, 2.05) is 13.0 Å². The molecule has 4 nitrogen and oxygen atoms in total. The van der Waals surface area contributed by atoms with Gasteiger partial charge < -0.3 is 14.8 Å². The minimum atomic E-state index is -2.89. The Morgan fingerprint density at radius 2 is 1.91 bits per heavy atom. The van der Waals surface area contributed by atoms with E-state index < -0.39 is 12.5 Å². The maximum absolute atomic E-state index is 12.0. The van der Waals surface area contributed by atoms with Crippen molar-refractivity contribution in [3.8, 4) is 11.5 Å². The molecule has 0 aliphatic carbocycles. The van der Waals surface area contributed by atoms with Gasteiger partial charge >= 0.3 is 6.61 Å². The average molecular weight is 342 g/mol. The smallest absolute Gasteiger partial charge is 0.387 e. The van der Waals surface area contributed by atoms with Gasteiger partial charge in [0.1, 0.15) is 11.5 Å². The fourth-order valence-electron chi connectivity index (χ4n) is 1.78. The van der Waals surface area contributed by atoms with Crippen LogP contribution in [0.2, 0.25) is 5.02 Å². The number of halogens is 3. The van der Waals surface area contributed by atoms with E-state index in [1.165, 1.54) is 24.3 Å². The highest BCUT2D eigenvalue weighted by Crippen LogP contribution is 2.25. The van der Waals surface area contributed by atoms with Crippen molar-refractivity contribution in [2.75, 3.05) is 11.9 Å². The predicted octanol–water partition coefficient (Wildman–Crippen LogP) is 4.27. The van der Waals surface area contributed by atoms with Crippen LogP contribution in [0.1, 0.15) is 5.56 Å². The summed E-state index contributed by atoms with van der Waals surface area (Å²) in [6.45, 7) is -1.23. The molecule has 0 saturated heterocycles. The van der Waals surface area contributed by atoms with Crippen molar-refractivity contribution >= 4 is 23.2 Å². The second kappa shape index (κ2) is 7.78. The van der Waals surface area contributed by atoms with Gasteiger partial charge in [-0.2, -0.15) is 8.78 Å². The molecule has 0 fully saturated rings. The number of nitrogens with one attached hydrogen (secondary N) is 1. The van der Waals surface area contributed by atoms with Gasteiger partial charge in [0.25, 0.3) is 5.91 Å². The first-order valence-corrected chi connectivity index (χ1v) is 7.05. The van der Waals surface area contributed by atoms with Crippen LogP contribution in [0.5, 0.6) is 11.5 Å². The van der Waals surface area contributed by atoms with E-state index >= 15 is 0 Å². The van der Waals surface area contributed by atoms with Crippen molar-refractivity contribution in [3.63, 3.8) is 0 Å². The molecule has 0 aliphatic rings. The summed E-state index contributed by atoms with van der Waals surface area (Å²) in [5.74, 6) is 0.0355. The van der Waals surface area contributed by atoms with E-state index in [0.29, 0.717) is 16.5 Å². The Morgan fingerprint density at radius 3 is 2.57 bits per heavy atom. The number of anilines is 1. The fourth-order valence-corrected chi connectivity index (χ4v) is 1.95. The third-order valence-electron chi connectivity index (χ3n) is 2.81. The Morgan fingerprint density at radius 1 is 1.22 bits per heavy atom. The molecule has 1 amide bonds. The molecule has 0 aromatic heterocycles. The molecule has 2 aromatic rings. The van der Waals surface area contributed by atoms with Gasteiger partial charge in [-0.1, -0.05) is 17.7 Å². The van der Waals surface area contributed by atoms with Gasteiger partial charge in [0.05, 0.1) is 5.02 Å². The lowest BCUT2D eigenvalue weighted by atomic mass is 10.2. The molecule has 0 bridgehead atoms. The Bertz CT molecular complexity index is 678. The number of rotatable bonds is 6. The van der Waals surface area contributed by atoms with E-state index in [1.54, 1.807) is 12.1 Å². The fraction of sp³-hybridized carbons (Fsp3) is 0.188. The Kier molecular flexibility index (Phi) is 5.76. The van der Waals surface area contributed by atoms with E-state index in [-0.39, 0.29) is 12.4 Å². The third kappa shape index (κ3) is 5.41. The summed E-state index contributed by atoms with van der Waals surface area (Å²) in [5, 5.41) is 2.99. The molecule has 23 heavy (non-hydrogen) atoms. The number of hydrogen-bond acceptors (Lipinski definition) is 3. The van der Waals surface area contributed by atoms with Crippen LogP contribution >= 0.6 is 11.6 Å². The van der Waals surface area contributed by atoms with Crippen molar-refractivity contribution in [3.05, 3.63) is 53.1 Å². The summed E-state index contributed by atoms with van der Waals surface area (Å²) in [6.07, 6.45) is 0. The normalized spacial score (nSPS) is 10.5. The molecule has 2 rings (SSSR count). The second-order valence-corrected chi connectivity index (χ2v) is 5.08. The van der Waals surface area contributed by atoms with Crippen LogP contribution in [0.15, 0.2) is 42.5 Å². The lowest BCUT2D eigenvalue weighted by molar-refractivity contribution is -0.118. The lowest BCUT2D eigenvalue weighted by Crippen LogP contribution is -2.20. The summed E-state index contributed by atoms with van der Waals surface area (Å²) in [5.41, 5.74) is 1.40. The summed E-state index contributed by atoms with van der Waals surface area (Å²) < 4.78 is 33.6. The van der Waals surface area contributed by atoms with Crippen molar-refractivity contribution < 1.29 is 23.0 Å². The summed E-state index contributed by atoms with van der Waals surface area (Å²) >= 11 is 5.97. The van der Waals surface area contributed by atoms with Gasteiger partial charge in [-0.25, -0.2) is 0 Å². The molecule has 122 valence electrons. The van der Waals surface area contributed by atoms with Gasteiger partial charge in [0, 0.05) is 5.69 Å². The van der Waals surface area contributed by atoms with E-state index in [9.17, 15) is 13.6 Å². The Hall–Kier alpha value is -2.34. The number of ether oxygens (including phenoxy) is 2. The zero-order valence-electron chi connectivity index (χ0n) is 12.2. The SMILES string of the molecule is Cc1ccc(Cl)c(OCC(=O)Nc2ccc(OC(F)F)cc2)c1. The molecule has 2 aromatic carbocycles. The van der Waals surface area contributed by atoms with Crippen molar-refractivity contribution in [2.45, 2.75) is 13.5 Å². The molecule has 0 spiro atoms. The van der Waals surface area contributed by atoms with Crippen LogP contribution in [0.25, 0.3) is 0 Å². The van der Waals surface area contributed by atoms with E-state index in [4.69, 9.17) is 16.3 Å². The Balaban J connectivity index is 1.88. The first-order chi connectivity index (χ1) is 10.9. The zero-order chi connectivity index (χ0) is 16.8. The van der Waals surface area contributed by atoms with Crippen LogP contribution < -0.4 is 14.8 Å². The van der Waals surface area contributed by atoms with Gasteiger partial charge in [-0.15, -0.1) is 0 Å². The van der Waals surface area contributed by atoms with Crippen molar-refractivity contribution in [2.24, 2.45) is 0 Å². The number of aryl methyl sites for hydroxylation is 1. The standard InChI is InChI=1S/C16H14ClF2NO3/c1-10-2-7-13(17)14(8-10)22-9-15(21)20-11-3-5-12(6-4-11)23-16(18)19/h2-8,16H,9H2,1H3,(H,20,21). The van der Waals surface area contributed by atoms with Crippen LogP contribution in [0.3, 0.4) is 0 Å². The topological polar surface area (TPSA) is 47.6 Å². The number of carbonyl (C=O) groups is 1. The molecule has 1 N–H and O–H groups in total. The van der Waals surface area contributed by atoms with Gasteiger partial charge in [-0.05, 0) is 48.9 Å². The molecule has 0 aliphatic heterocycles. The summed E-state index contributed by atoms with van der Waals surface area (Å²) in [4.78, 5) is 11.8. The van der Waals surface area contributed by atoms with Crippen LogP contribution in [0, 0.1) is 6.92 Å². The number of benzene rings is 2. The highest BCUT2D eigenvalue weighted by Gasteiger charge is 2.08. The molecule has 0 radical (unpaired) electrons. The quantitative estimate of drug-likeness (QED) is 0.853. The monoisotopic (exact) mass is 341 g/mol. The molecule has 0 unspecified atom stereocenters. The van der Waals surface area contributed by atoms with Crippen LogP contribution in [0.4, 0.5) is 14.5 Å². The Labute approximate surface area is 137 Å². The molecule has 0 heterocycles. The number of carbonyl (C=O) groups excluding carboxylic acids is 1. The second-order valence-electron chi connectivity index (χ2n) is 4.67. The average Bonchev–Trinajstić information content (AvgIpc) is 2.50. The highest BCUT2D eigenvalue weighted by atomic mass is 35.5. The van der Waals surface area contributed by atoms with Gasteiger partial charge in [0.2, 0.25) is 0 Å². The van der Waals surface area contributed by atoms with Gasteiger partial charge in [0.15, 0.2) is 6.61 Å². The molecular weight excluding hydrogens is 328 g/mol. The minimum Gasteiger partial charge on any atom is -0.482 e. The molecular formula is C16H14ClF2NO3. The van der Waals surface area contributed by atoms with Gasteiger partial charge in [-0.3, -0.25) is 4.79 Å². The van der Waals surface area contributed by atoms with Crippen molar-refractivity contribution in [1.82, 2.24) is 0 Å². The third-order valence-corrected chi connectivity index (χ3v) is 3.12. The van der Waals surface area contributed by atoms with Crippen molar-refractivity contribution in [1.29, 1.82) is 0 Å². The van der Waals surface area contributed by atoms with Crippen LogP contribution in [-0.2, 0) is 4.79 Å². The number of amides is 1. The summed E-state index contributed by atoms with van der Waals surface area (Å²) in [6, 6.07) is 10.8. The van der Waals surface area contributed by atoms with Crippen LogP contribution in [-0.4, -0.2) is 19.1 Å². The van der Waals surface area contributed by atoms with E-state index in [0.717, 1.165) is 5.56 Å². The zero-order valence-corrected chi connectivity index (χ0v) is 12.9.